The van der Waals surface area contributed by atoms with Crippen molar-refractivity contribution in [1.29, 1.82) is 5.26 Å². The number of aliphatic hydroxyl groups is 1. The summed E-state index contributed by atoms with van der Waals surface area (Å²) in [5, 5.41) is 20.3. The molecule has 104 valence electrons. The molecule has 2 heterocycles. The van der Waals surface area contributed by atoms with Gasteiger partial charge in [-0.3, -0.25) is 9.36 Å². The highest BCUT2D eigenvalue weighted by Crippen LogP contribution is 2.28. The second kappa shape index (κ2) is 5.96. The third-order valence-corrected chi connectivity index (χ3v) is 2.52. The molecule has 2 rings (SSSR count). The van der Waals surface area contributed by atoms with Gasteiger partial charge in [0.25, 0.3) is 5.91 Å². The van der Waals surface area contributed by atoms with Crippen molar-refractivity contribution < 1.29 is 14.6 Å². The SMILES string of the molecule is N#C/C(C(N)=O)=C1/NC=Nc2c1ncn2COCCO. The van der Waals surface area contributed by atoms with Crippen LogP contribution in [0.25, 0.3) is 5.70 Å². The molecule has 9 nitrogen and oxygen atoms in total. The van der Waals surface area contributed by atoms with Crippen LogP contribution >= 0.6 is 0 Å². The van der Waals surface area contributed by atoms with Crippen LogP contribution in [0.1, 0.15) is 5.69 Å². The van der Waals surface area contributed by atoms with Crippen LogP contribution in [0.2, 0.25) is 0 Å². The molecule has 0 aromatic carbocycles. The molecule has 1 aliphatic heterocycles. The van der Waals surface area contributed by atoms with E-state index in [1.807, 2.05) is 0 Å². The van der Waals surface area contributed by atoms with E-state index in [9.17, 15) is 4.79 Å². The van der Waals surface area contributed by atoms with Gasteiger partial charge in [0.05, 0.1) is 31.6 Å². The van der Waals surface area contributed by atoms with Crippen molar-refractivity contribution >= 4 is 23.8 Å². The molecule has 1 aliphatic rings. The summed E-state index contributed by atoms with van der Waals surface area (Å²) in [6.07, 6.45) is 2.80. The number of aliphatic hydroxyl groups excluding tert-OH is 1. The molecule has 9 heteroatoms. The van der Waals surface area contributed by atoms with Gasteiger partial charge in [0.1, 0.15) is 24.1 Å². The molecule has 1 aromatic heterocycles. The van der Waals surface area contributed by atoms with Gasteiger partial charge in [-0.15, -0.1) is 0 Å². The summed E-state index contributed by atoms with van der Waals surface area (Å²) in [5.41, 5.74) is 5.48. The number of primary amides is 1. The average Bonchev–Trinajstić information content (AvgIpc) is 2.84. The molecule has 0 spiro atoms. The van der Waals surface area contributed by atoms with E-state index in [-0.39, 0.29) is 31.2 Å². The minimum Gasteiger partial charge on any atom is -0.394 e. The van der Waals surface area contributed by atoms with Gasteiger partial charge in [-0.25, -0.2) is 9.98 Å². The second-order valence-electron chi connectivity index (χ2n) is 3.78. The summed E-state index contributed by atoms with van der Waals surface area (Å²) in [4.78, 5) is 19.4. The fourth-order valence-corrected chi connectivity index (χ4v) is 1.66. The van der Waals surface area contributed by atoms with Crippen LogP contribution < -0.4 is 11.1 Å². The molecule has 0 saturated heterocycles. The maximum Gasteiger partial charge on any atom is 0.261 e. The zero-order chi connectivity index (χ0) is 14.5. The van der Waals surface area contributed by atoms with E-state index in [0.717, 1.165) is 0 Å². The van der Waals surface area contributed by atoms with Gasteiger partial charge in [-0.1, -0.05) is 0 Å². The molecule has 0 unspecified atom stereocenters. The van der Waals surface area contributed by atoms with Gasteiger partial charge in [0, 0.05) is 0 Å². The molecule has 0 bridgehead atoms. The molecular formula is C11H12N6O3. The smallest absolute Gasteiger partial charge is 0.261 e. The number of hydrogen-bond donors (Lipinski definition) is 3. The first-order valence-electron chi connectivity index (χ1n) is 5.66. The summed E-state index contributed by atoms with van der Waals surface area (Å²) in [6, 6.07) is 1.74. The van der Waals surface area contributed by atoms with Crippen molar-refractivity contribution in [2.45, 2.75) is 6.73 Å². The zero-order valence-electron chi connectivity index (χ0n) is 10.4. The Balaban J connectivity index is 2.37. The number of nitrogens with two attached hydrogens (primary N) is 1. The van der Waals surface area contributed by atoms with Crippen LogP contribution in [0.3, 0.4) is 0 Å². The van der Waals surface area contributed by atoms with Gasteiger partial charge in [-0.05, 0) is 0 Å². The lowest BCUT2D eigenvalue weighted by atomic mass is 10.1. The molecule has 20 heavy (non-hydrogen) atoms. The van der Waals surface area contributed by atoms with Crippen molar-refractivity contribution in [3.63, 3.8) is 0 Å². The number of fused-ring (bicyclic) bond motifs is 1. The summed E-state index contributed by atoms with van der Waals surface area (Å²) >= 11 is 0. The lowest BCUT2D eigenvalue weighted by molar-refractivity contribution is -0.114. The Labute approximate surface area is 114 Å². The predicted octanol–water partition coefficient (Wildman–Crippen LogP) is -1.17. The zero-order valence-corrected chi connectivity index (χ0v) is 10.4. The first-order chi connectivity index (χ1) is 9.69. The molecule has 0 saturated carbocycles. The van der Waals surface area contributed by atoms with E-state index in [1.54, 1.807) is 10.6 Å². The van der Waals surface area contributed by atoms with Gasteiger partial charge in [-0.2, -0.15) is 5.26 Å². The van der Waals surface area contributed by atoms with E-state index in [4.69, 9.17) is 20.8 Å². The van der Waals surface area contributed by atoms with E-state index >= 15 is 0 Å². The monoisotopic (exact) mass is 276 g/mol. The number of imidazole rings is 1. The van der Waals surface area contributed by atoms with Gasteiger partial charge in [0.2, 0.25) is 0 Å². The lowest BCUT2D eigenvalue weighted by Crippen LogP contribution is -2.22. The number of amides is 1. The minimum absolute atomic E-state index is 0.0902. The fraction of sp³-hybridized carbons (Fsp3) is 0.273. The van der Waals surface area contributed by atoms with Crippen molar-refractivity contribution in [2.24, 2.45) is 10.7 Å². The van der Waals surface area contributed by atoms with Crippen molar-refractivity contribution in [1.82, 2.24) is 14.9 Å². The van der Waals surface area contributed by atoms with Crippen LogP contribution in [0, 0.1) is 11.3 Å². The fourth-order valence-electron chi connectivity index (χ4n) is 1.66. The summed E-state index contributed by atoms with van der Waals surface area (Å²) in [5.74, 6) is -0.409. The lowest BCUT2D eigenvalue weighted by Gasteiger charge is -2.13. The summed E-state index contributed by atoms with van der Waals surface area (Å²) < 4.78 is 6.75. The quantitative estimate of drug-likeness (QED) is 0.352. The highest BCUT2D eigenvalue weighted by molar-refractivity contribution is 6.06. The Bertz CT molecular complexity index is 625. The number of carbonyl (C=O) groups excluding carboxylic acids is 1. The molecule has 1 amide bonds. The maximum absolute atomic E-state index is 11.2. The summed E-state index contributed by atoms with van der Waals surface area (Å²) in [7, 11) is 0. The van der Waals surface area contributed by atoms with Crippen LogP contribution in [-0.2, 0) is 16.3 Å². The highest BCUT2D eigenvalue weighted by atomic mass is 16.5. The van der Waals surface area contributed by atoms with E-state index in [0.29, 0.717) is 11.5 Å². The molecule has 0 fully saturated rings. The number of aromatic nitrogens is 2. The predicted molar refractivity (Wildman–Crippen MR) is 68.3 cm³/mol. The molecule has 0 radical (unpaired) electrons. The Morgan fingerprint density at radius 3 is 3.10 bits per heavy atom. The van der Waals surface area contributed by atoms with E-state index < -0.39 is 5.91 Å². The van der Waals surface area contributed by atoms with Crippen LogP contribution in [0.5, 0.6) is 0 Å². The Morgan fingerprint density at radius 1 is 1.65 bits per heavy atom. The second-order valence-corrected chi connectivity index (χ2v) is 3.78. The Hall–Kier alpha value is -2.70. The highest BCUT2D eigenvalue weighted by Gasteiger charge is 2.23. The normalized spacial score (nSPS) is 15.2. The van der Waals surface area contributed by atoms with Crippen LogP contribution in [-0.4, -0.2) is 40.1 Å². The topological polar surface area (TPSA) is 139 Å². The van der Waals surface area contributed by atoms with E-state index in [2.05, 4.69) is 15.3 Å². The van der Waals surface area contributed by atoms with E-state index in [1.165, 1.54) is 12.7 Å². The van der Waals surface area contributed by atoms with Crippen molar-refractivity contribution in [3.05, 3.63) is 17.6 Å². The summed E-state index contributed by atoms with van der Waals surface area (Å²) in [6.45, 7) is 0.238. The van der Waals surface area contributed by atoms with Crippen molar-refractivity contribution in [2.75, 3.05) is 13.2 Å². The third-order valence-electron chi connectivity index (χ3n) is 2.52. The number of rotatable bonds is 5. The standard InChI is InChI=1S/C11H12N6O3/c12-3-7(10(13)19)8-9-11(15-4-14-8)17(5-16-9)6-20-2-1-18/h4-5,18H,1-2,6H2,(H2,13,19)(H,14,15)/b8-7-. The maximum atomic E-state index is 11.2. The molecule has 0 aliphatic carbocycles. The Kier molecular flexibility index (Phi) is 4.09. The number of hydrogen-bond acceptors (Lipinski definition) is 7. The number of aliphatic imine (C=N–C) groups is 1. The average molecular weight is 276 g/mol. The van der Waals surface area contributed by atoms with Gasteiger partial charge >= 0.3 is 0 Å². The molecule has 1 aromatic rings. The number of nitriles is 1. The third kappa shape index (κ3) is 2.51. The first kappa shape index (κ1) is 13.7. The van der Waals surface area contributed by atoms with Gasteiger partial charge in [0.15, 0.2) is 5.82 Å². The number of carbonyl (C=O) groups is 1. The Morgan fingerprint density at radius 2 is 2.45 bits per heavy atom. The van der Waals surface area contributed by atoms with Gasteiger partial charge < -0.3 is 20.9 Å². The molecular weight excluding hydrogens is 264 g/mol. The van der Waals surface area contributed by atoms with Crippen LogP contribution in [0.15, 0.2) is 16.9 Å². The number of ether oxygens (including phenoxy) is 1. The van der Waals surface area contributed by atoms with Crippen LogP contribution in [0.4, 0.5) is 5.82 Å². The molecule has 4 N–H and O–H groups in total. The number of nitrogens with one attached hydrogen (secondary N) is 1. The number of nitrogens with zero attached hydrogens (tertiary/aromatic N) is 4. The first-order valence-corrected chi connectivity index (χ1v) is 5.66. The van der Waals surface area contributed by atoms with Crippen molar-refractivity contribution in [3.8, 4) is 6.07 Å². The minimum atomic E-state index is -0.845. The molecule has 0 atom stereocenters. The largest absolute Gasteiger partial charge is 0.394 e.